The lowest BCUT2D eigenvalue weighted by Crippen LogP contribution is -2.53. The number of hydrogen-bond acceptors (Lipinski definition) is 7. The molecule has 5 heterocycles. The maximum absolute atomic E-state index is 13.7. The van der Waals surface area contributed by atoms with E-state index < -0.39 is 17.1 Å². The third-order valence-corrected chi connectivity index (χ3v) is 9.02. The number of cyclic esters (lactones) is 1. The third kappa shape index (κ3) is 4.45. The van der Waals surface area contributed by atoms with Gasteiger partial charge in [-0.15, -0.1) is 0 Å². The van der Waals surface area contributed by atoms with Crippen LogP contribution in [0.1, 0.15) is 67.6 Å². The Bertz CT molecular complexity index is 1230. The monoisotopic (exact) mass is 514 g/mol. The number of carbonyl (C=O) groups excluding carboxylic acids is 2. The summed E-state index contributed by atoms with van der Waals surface area (Å²) in [7, 11) is 0. The van der Waals surface area contributed by atoms with Crippen LogP contribution < -0.4 is 5.32 Å². The number of likely N-dealkylation sites (tertiary alicyclic amines) is 2. The van der Waals surface area contributed by atoms with Crippen molar-refractivity contribution in [3.8, 4) is 0 Å². The molecule has 3 saturated heterocycles. The van der Waals surface area contributed by atoms with E-state index >= 15 is 0 Å². The number of nitrogens with one attached hydrogen (secondary N) is 1. The van der Waals surface area contributed by atoms with Crippen LogP contribution in [-0.4, -0.2) is 75.7 Å². The Kier molecular flexibility index (Phi) is 6.23. The molecule has 1 atom stereocenters. The molecule has 0 bridgehead atoms. The Morgan fingerprint density at radius 2 is 1.94 bits per heavy atom. The van der Waals surface area contributed by atoms with Crippen molar-refractivity contribution < 1.29 is 24.2 Å². The topological polar surface area (TPSA) is 112 Å². The van der Waals surface area contributed by atoms with Gasteiger partial charge in [-0.1, -0.05) is 11.3 Å². The van der Waals surface area contributed by atoms with Crippen molar-refractivity contribution in [3.05, 3.63) is 22.9 Å². The number of nitrogens with zero attached hydrogens (tertiary/aromatic N) is 3. The number of piperidine rings is 2. The number of pyridine rings is 1. The van der Waals surface area contributed by atoms with Crippen LogP contribution in [0.2, 0.25) is 0 Å². The van der Waals surface area contributed by atoms with Crippen LogP contribution in [0.4, 0.5) is 9.80 Å². The first-order valence-corrected chi connectivity index (χ1v) is 13.5. The molecule has 1 unspecified atom stereocenters. The number of fused-ring (bicyclic) bond motifs is 1. The Labute approximate surface area is 214 Å². The number of esters is 1. The van der Waals surface area contributed by atoms with E-state index in [1.54, 1.807) is 0 Å². The van der Waals surface area contributed by atoms with Gasteiger partial charge in [0.2, 0.25) is 0 Å². The highest BCUT2D eigenvalue weighted by Gasteiger charge is 2.54. The molecule has 0 aliphatic carbocycles. The zero-order valence-electron chi connectivity index (χ0n) is 21.3. The first kappa shape index (κ1) is 25.0. The molecule has 2 aromatic heterocycles. The van der Waals surface area contributed by atoms with Gasteiger partial charge in [0.25, 0.3) is 5.91 Å². The van der Waals surface area contributed by atoms with Gasteiger partial charge in [0, 0.05) is 43.2 Å². The van der Waals surface area contributed by atoms with Gasteiger partial charge in [-0.2, -0.15) is 0 Å². The Hall–Kier alpha value is -2.72. The molecular weight excluding hydrogens is 480 g/mol. The number of carbonyl (C=O) groups is 3. The average Bonchev–Trinajstić information content (AvgIpc) is 3.24. The third-order valence-electron chi connectivity index (χ3n) is 8.00. The Balaban J connectivity index is 1.31. The first-order valence-electron chi connectivity index (χ1n) is 12.7. The molecule has 36 heavy (non-hydrogen) atoms. The molecule has 0 saturated carbocycles. The molecule has 3 aliphatic heterocycles. The fourth-order valence-corrected chi connectivity index (χ4v) is 7.36. The van der Waals surface area contributed by atoms with Crippen molar-refractivity contribution in [1.82, 2.24) is 14.8 Å². The summed E-state index contributed by atoms with van der Waals surface area (Å²) in [6.45, 7) is 10.7. The number of aromatic nitrogens is 1. The SMILES string of the molecule is Cc1cc2c(C(=O)N3CCC(N4CCCC5(C4)CC(C)(C)OC5=O)CC3)c(NC(=O)O)sc2nc1C. The highest BCUT2D eigenvalue weighted by atomic mass is 32.1. The van der Waals surface area contributed by atoms with Crippen LogP contribution in [0.15, 0.2) is 6.07 Å². The summed E-state index contributed by atoms with van der Waals surface area (Å²) in [4.78, 5) is 47.4. The molecule has 9 nitrogen and oxygen atoms in total. The van der Waals surface area contributed by atoms with E-state index in [4.69, 9.17) is 4.74 Å². The minimum Gasteiger partial charge on any atom is -0.465 e. The summed E-state index contributed by atoms with van der Waals surface area (Å²) in [5.41, 5.74) is 1.39. The molecule has 2 aromatic rings. The van der Waals surface area contributed by atoms with E-state index in [1.165, 1.54) is 11.3 Å². The molecule has 3 fully saturated rings. The molecule has 10 heteroatoms. The van der Waals surface area contributed by atoms with E-state index in [0.29, 0.717) is 39.9 Å². The lowest BCUT2D eigenvalue weighted by molar-refractivity contribution is -0.154. The van der Waals surface area contributed by atoms with E-state index in [0.717, 1.165) is 56.5 Å². The Morgan fingerprint density at radius 1 is 1.22 bits per heavy atom. The summed E-state index contributed by atoms with van der Waals surface area (Å²) in [6, 6.07) is 2.24. The molecule has 2 amide bonds. The number of thiophene rings is 1. The average molecular weight is 515 g/mol. The van der Waals surface area contributed by atoms with Crippen molar-refractivity contribution in [2.24, 2.45) is 5.41 Å². The number of aryl methyl sites for hydroxylation is 2. The van der Waals surface area contributed by atoms with Crippen LogP contribution >= 0.6 is 11.3 Å². The summed E-state index contributed by atoms with van der Waals surface area (Å²) in [6.07, 6.45) is 3.04. The van der Waals surface area contributed by atoms with Crippen molar-refractivity contribution in [1.29, 1.82) is 0 Å². The van der Waals surface area contributed by atoms with Crippen LogP contribution in [0.25, 0.3) is 10.2 Å². The second-order valence-corrected chi connectivity index (χ2v) is 12.2. The van der Waals surface area contributed by atoms with E-state index in [2.05, 4.69) is 15.2 Å². The van der Waals surface area contributed by atoms with E-state index in [1.807, 2.05) is 38.7 Å². The quantitative estimate of drug-likeness (QED) is 0.583. The maximum atomic E-state index is 13.7. The van der Waals surface area contributed by atoms with Crippen LogP contribution in [0.3, 0.4) is 0 Å². The van der Waals surface area contributed by atoms with Crippen molar-refractivity contribution >= 4 is 44.5 Å². The molecule has 0 radical (unpaired) electrons. The van der Waals surface area contributed by atoms with Crippen LogP contribution in [0, 0.1) is 19.3 Å². The second-order valence-electron chi connectivity index (χ2n) is 11.2. The van der Waals surface area contributed by atoms with Crippen LogP contribution in [0.5, 0.6) is 0 Å². The highest BCUT2D eigenvalue weighted by molar-refractivity contribution is 7.23. The van der Waals surface area contributed by atoms with Crippen molar-refractivity contribution in [3.63, 3.8) is 0 Å². The minimum atomic E-state index is -1.20. The maximum Gasteiger partial charge on any atom is 0.409 e. The number of anilines is 1. The molecule has 194 valence electrons. The molecule has 5 rings (SSSR count). The molecule has 1 spiro atoms. The molecule has 0 aromatic carbocycles. The Morgan fingerprint density at radius 3 is 2.58 bits per heavy atom. The van der Waals surface area contributed by atoms with Gasteiger partial charge in [-0.3, -0.25) is 19.8 Å². The smallest absolute Gasteiger partial charge is 0.409 e. The highest BCUT2D eigenvalue weighted by Crippen LogP contribution is 2.47. The summed E-state index contributed by atoms with van der Waals surface area (Å²) < 4.78 is 5.69. The first-order chi connectivity index (χ1) is 17.0. The molecule has 2 N–H and O–H groups in total. The van der Waals surface area contributed by atoms with Gasteiger partial charge < -0.3 is 14.7 Å². The normalized spacial score (nSPS) is 24.9. The van der Waals surface area contributed by atoms with Gasteiger partial charge in [-0.05, 0) is 71.6 Å². The fourth-order valence-electron chi connectivity index (χ4n) is 6.27. The van der Waals surface area contributed by atoms with Gasteiger partial charge in [0.1, 0.15) is 15.4 Å². The number of ether oxygens (including phenoxy) is 1. The van der Waals surface area contributed by atoms with E-state index in [-0.39, 0.29) is 11.9 Å². The predicted octanol–water partition coefficient (Wildman–Crippen LogP) is 4.42. The zero-order chi connectivity index (χ0) is 25.8. The van der Waals surface area contributed by atoms with Crippen molar-refractivity contribution in [2.75, 3.05) is 31.5 Å². The van der Waals surface area contributed by atoms with Crippen LogP contribution in [-0.2, 0) is 9.53 Å². The minimum absolute atomic E-state index is 0.0632. The van der Waals surface area contributed by atoms with Gasteiger partial charge in [0.05, 0.1) is 11.0 Å². The number of carboxylic acid groups (broad SMARTS) is 1. The van der Waals surface area contributed by atoms with Gasteiger partial charge >= 0.3 is 12.1 Å². The fraction of sp³-hybridized carbons (Fsp3) is 0.615. The summed E-state index contributed by atoms with van der Waals surface area (Å²) in [5.74, 6) is -0.225. The lowest BCUT2D eigenvalue weighted by Gasteiger charge is -2.44. The molecule has 3 aliphatic rings. The number of amides is 2. The summed E-state index contributed by atoms with van der Waals surface area (Å²) >= 11 is 1.20. The van der Waals surface area contributed by atoms with Crippen molar-refractivity contribution in [2.45, 2.75) is 71.4 Å². The van der Waals surface area contributed by atoms with E-state index in [9.17, 15) is 19.5 Å². The standard InChI is InChI=1S/C26H34N4O5S/c1-15-12-18-19(21(28-24(33)34)36-20(18)27-16(15)2)22(31)29-10-6-17(7-11-29)30-9-5-8-26(14-30)13-25(3,4)35-23(26)32/h12,17,28H,5-11,13-14H2,1-4H3,(H,33,34). The second kappa shape index (κ2) is 8.99. The van der Waals surface area contributed by atoms with Gasteiger partial charge in [-0.25, -0.2) is 9.78 Å². The van der Waals surface area contributed by atoms with Gasteiger partial charge in [0.15, 0.2) is 0 Å². The predicted molar refractivity (Wildman–Crippen MR) is 138 cm³/mol. The largest absolute Gasteiger partial charge is 0.465 e. The molecular formula is C26H34N4O5S. The lowest BCUT2D eigenvalue weighted by atomic mass is 9.74. The number of rotatable bonds is 3. The zero-order valence-corrected chi connectivity index (χ0v) is 22.2. The summed E-state index contributed by atoms with van der Waals surface area (Å²) in [5, 5.41) is 12.8. The number of hydrogen-bond donors (Lipinski definition) is 2.